The molecular formula is C26H29BNO+. The molecule has 0 spiro atoms. The minimum absolute atomic E-state index is 0.0708. The lowest BCUT2D eigenvalue weighted by Crippen LogP contribution is -3.19. The Morgan fingerprint density at radius 3 is 2.07 bits per heavy atom. The molecule has 2 aliphatic rings. The van der Waals surface area contributed by atoms with Crippen LogP contribution in [0.25, 0.3) is 0 Å². The SMILES string of the molecule is CC(C)c1ccccc1B1OC(c2ccccc2)(c2ccccc2)[C@@H]2CCC[NH+]12. The molecule has 2 fully saturated rings. The standard InChI is InChI=1S/C26H28BNO/c1-20(2)23-16-9-10-17-24(23)27-28-19-11-18-25(28)26(29-27,21-12-5-3-6-13-21)22-14-7-4-8-15-22/h3-10,12-17,20,25H,11,18-19H2,1-2H3/p+1/t25-/m0/s1. The van der Waals surface area contributed by atoms with E-state index in [0.29, 0.717) is 12.0 Å². The fourth-order valence-electron chi connectivity index (χ4n) is 5.61. The van der Waals surface area contributed by atoms with E-state index in [1.54, 1.807) is 4.81 Å². The van der Waals surface area contributed by atoms with Gasteiger partial charge in [0.05, 0.1) is 6.54 Å². The Morgan fingerprint density at radius 1 is 0.862 bits per heavy atom. The Labute approximate surface area is 174 Å². The van der Waals surface area contributed by atoms with Crippen LogP contribution in [0.2, 0.25) is 0 Å². The van der Waals surface area contributed by atoms with E-state index in [1.807, 2.05) is 0 Å². The van der Waals surface area contributed by atoms with Crippen LogP contribution < -0.4 is 10.3 Å². The number of quaternary nitrogens is 1. The molecule has 0 radical (unpaired) electrons. The van der Waals surface area contributed by atoms with Crippen molar-refractivity contribution in [1.29, 1.82) is 0 Å². The summed E-state index contributed by atoms with van der Waals surface area (Å²) < 4.78 is 7.23. The number of benzene rings is 3. The molecule has 5 rings (SSSR count). The van der Waals surface area contributed by atoms with Crippen molar-refractivity contribution in [1.82, 2.24) is 0 Å². The molecule has 0 aliphatic carbocycles. The molecule has 2 nitrogen and oxygen atoms in total. The van der Waals surface area contributed by atoms with Gasteiger partial charge < -0.3 is 9.47 Å². The average molecular weight is 382 g/mol. The first-order chi connectivity index (χ1) is 14.2. The fraction of sp³-hybridized carbons (Fsp3) is 0.308. The fourth-order valence-corrected chi connectivity index (χ4v) is 5.61. The summed E-state index contributed by atoms with van der Waals surface area (Å²) in [4.78, 5) is 1.59. The van der Waals surface area contributed by atoms with Crippen molar-refractivity contribution >= 4 is 12.5 Å². The normalized spacial score (nSPS) is 22.8. The van der Waals surface area contributed by atoms with E-state index in [9.17, 15) is 0 Å². The smallest absolute Gasteiger partial charge is 0.368 e. The van der Waals surface area contributed by atoms with Crippen LogP contribution in [0.5, 0.6) is 0 Å². The Kier molecular flexibility index (Phi) is 4.81. The van der Waals surface area contributed by atoms with E-state index in [4.69, 9.17) is 4.65 Å². The third-order valence-electron chi connectivity index (χ3n) is 6.84. The third-order valence-corrected chi connectivity index (χ3v) is 6.84. The van der Waals surface area contributed by atoms with Gasteiger partial charge in [-0.05, 0) is 22.6 Å². The van der Waals surface area contributed by atoms with Gasteiger partial charge in [-0.3, -0.25) is 0 Å². The Balaban J connectivity index is 1.70. The molecular weight excluding hydrogens is 353 g/mol. The summed E-state index contributed by atoms with van der Waals surface area (Å²) in [5, 5.41) is 0. The first-order valence-electron chi connectivity index (χ1n) is 10.9. The van der Waals surface area contributed by atoms with Crippen LogP contribution in [-0.4, -0.2) is 19.6 Å². The first-order valence-corrected chi connectivity index (χ1v) is 10.9. The molecule has 0 aromatic heterocycles. The molecule has 1 unspecified atom stereocenters. The average Bonchev–Trinajstić information content (AvgIpc) is 3.37. The van der Waals surface area contributed by atoms with Gasteiger partial charge in [0.1, 0.15) is 6.04 Å². The van der Waals surface area contributed by atoms with E-state index >= 15 is 0 Å². The molecule has 0 amide bonds. The molecule has 146 valence electrons. The Bertz CT molecular complexity index is 933. The summed E-state index contributed by atoms with van der Waals surface area (Å²) >= 11 is 0. The van der Waals surface area contributed by atoms with Gasteiger partial charge in [0.15, 0.2) is 5.60 Å². The van der Waals surface area contributed by atoms with Gasteiger partial charge in [0.2, 0.25) is 0 Å². The van der Waals surface area contributed by atoms with Crippen molar-refractivity contribution in [2.75, 3.05) is 6.54 Å². The van der Waals surface area contributed by atoms with Crippen molar-refractivity contribution in [2.45, 2.75) is 44.2 Å². The van der Waals surface area contributed by atoms with Crippen molar-refractivity contribution < 1.29 is 9.47 Å². The highest BCUT2D eigenvalue weighted by Crippen LogP contribution is 2.42. The highest BCUT2D eigenvalue weighted by Gasteiger charge is 2.64. The van der Waals surface area contributed by atoms with Gasteiger partial charge >= 0.3 is 7.05 Å². The molecule has 3 heteroatoms. The predicted octanol–water partition coefficient (Wildman–Crippen LogP) is 3.53. The monoisotopic (exact) mass is 382 g/mol. The summed E-state index contributed by atoms with van der Waals surface area (Å²) in [6, 6.07) is 31.1. The molecule has 2 aliphatic heterocycles. The molecule has 2 atom stereocenters. The molecule has 29 heavy (non-hydrogen) atoms. The third kappa shape index (κ3) is 2.96. The van der Waals surface area contributed by atoms with Gasteiger partial charge in [0.25, 0.3) is 0 Å². The van der Waals surface area contributed by atoms with Crippen LogP contribution >= 0.6 is 0 Å². The lowest BCUT2D eigenvalue weighted by Gasteiger charge is -2.33. The maximum Gasteiger partial charge on any atom is 0.611 e. The van der Waals surface area contributed by atoms with E-state index in [0.717, 1.165) is 0 Å². The van der Waals surface area contributed by atoms with Gasteiger partial charge in [-0.15, -0.1) is 0 Å². The second-order valence-electron chi connectivity index (χ2n) is 8.77. The minimum atomic E-state index is -0.400. The predicted molar refractivity (Wildman–Crippen MR) is 120 cm³/mol. The quantitative estimate of drug-likeness (QED) is 0.682. The number of hydrogen-bond acceptors (Lipinski definition) is 1. The van der Waals surface area contributed by atoms with E-state index in [-0.39, 0.29) is 7.05 Å². The van der Waals surface area contributed by atoms with Gasteiger partial charge in [-0.2, -0.15) is 0 Å². The summed E-state index contributed by atoms with van der Waals surface area (Å²) in [6.07, 6.45) is 2.45. The Morgan fingerprint density at radius 2 is 1.45 bits per heavy atom. The van der Waals surface area contributed by atoms with Crippen LogP contribution in [-0.2, 0) is 10.3 Å². The highest BCUT2D eigenvalue weighted by molar-refractivity contribution is 6.60. The summed E-state index contributed by atoms with van der Waals surface area (Å²) in [7, 11) is 0.0708. The topological polar surface area (TPSA) is 13.7 Å². The maximum absolute atomic E-state index is 7.23. The minimum Gasteiger partial charge on any atom is -0.368 e. The number of fused-ring (bicyclic) bond motifs is 1. The molecule has 0 bridgehead atoms. The van der Waals surface area contributed by atoms with Crippen LogP contribution in [0.4, 0.5) is 0 Å². The second kappa shape index (κ2) is 7.48. The van der Waals surface area contributed by atoms with Crippen LogP contribution in [0.1, 0.15) is 49.3 Å². The second-order valence-corrected chi connectivity index (χ2v) is 8.77. The zero-order valence-corrected chi connectivity index (χ0v) is 17.3. The summed E-state index contributed by atoms with van der Waals surface area (Å²) in [5.74, 6) is 0.485. The molecule has 1 N–H and O–H groups in total. The molecule has 3 aromatic carbocycles. The van der Waals surface area contributed by atoms with Gasteiger partial charge in [0, 0.05) is 18.3 Å². The number of nitrogens with one attached hydrogen (secondary N) is 1. The number of rotatable bonds is 4. The molecule has 3 aromatic rings. The number of hydrogen-bond donors (Lipinski definition) is 1. The van der Waals surface area contributed by atoms with Gasteiger partial charge in [-0.1, -0.05) is 98.8 Å². The zero-order valence-electron chi connectivity index (χ0n) is 17.3. The largest absolute Gasteiger partial charge is 0.611 e. The van der Waals surface area contributed by atoms with Crippen molar-refractivity contribution in [2.24, 2.45) is 0 Å². The molecule has 2 saturated heterocycles. The van der Waals surface area contributed by atoms with Crippen LogP contribution in [0, 0.1) is 0 Å². The maximum atomic E-state index is 7.23. The van der Waals surface area contributed by atoms with Crippen LogP contribution in [0.15, 0.2) is 84.9 Å². The first kappa shape index (κ1) is 18.7. The van der Waals surface area contributed by atoms with Crippen molar-refractivity contribution in [3.05, 3.63) is 102 Å². The van der Waals surface area contributed by atoms with E-state index in [1.165, 1.54) is 41.5 Å². The Hall–Kier alpha value is -2.36. The van der Waals surface area contributed by atoms with E-state index < -0.39 is 5.60 Å². The van der Waals surface area contributed by atoms with Crippen LogP contribution in [0.3, 0.4) is 0 Å². The lowest BCUT2D eigenvalue weighted by molar-refractivity contribution is -0.799. The zero-order chi connectivity index (χ0) is 19.8. The summed E-state index contributed by atoms with van der Waals surface area (Å²) in [6.45, 7) is 5.74. The highest BCUT2D eigenvalue weighted by atomic mass is 16.5. The molecule has 2 heterocycles. The van der Waals surface area contributed by atoms with E-state index in [2.05, 4.69) is 98.8 Å². The summed E-state index contributed by atoms with van der Waals surface area (Å²) in [5.41, 5.74) is 4.93. The van der Waals surface area contributed by atoms with Gasteiger partial charge in [-0.25, -0.2) is 0 Å². The lowest BCUT2D eigenvalue weighted by atomic mass is 9.68. The molecule has 0 saturated carbocycles. The van der Waals surface area contributed by atoms with Crippen molar-refractivity contribution in [3.8, 4) is 0 Å². The van der Waals surface area contributed by atoms with Crippen molar-refractivity contribution in [3.63, 3.8) is 0 Å².